The summed E-state index contributed by atoms with van der Waals surface area (Å²) in [6.07, 6.45) is 4.91. The maximum Gasteiger partial charge on any atom is 0.153 e. The number of anilines is 1. The van der Waals surface area contributed by atoms with E-state index in [0.29, 0.717) is 5.56 Å². The van der Waals surface area contributed by atoms with Crippen molar-refractivity contribution >= 4 is 12.0 Å². The quantitative estimate of drug-likeness (QED) is 0.729. The first-order chi connectivity index (χ1) is 10.2. The molecule has 0 amide bonds. The van der Waals surface area contributed by atoms with E-state index in [0.717, 1.165) is 43.5 Å². The molecule has 0 radical (unpaired) electrons. The summed E-state index contributed by atoms with van der Waals surface area (Å²) in [5.41, 5.74) is 3.58. The summed E-state index contributed by atoms with van der Waals surface area (Å²) < 4.78 is 1.87. The lowest BCUT2D eigenvalue weighted by atomic mass is 10.1. The molecule has 0 aliphatic heterocycles. The Balaban J connectivity index is 2.28. The predicted molar refractivity (Wildman–Crippen MR) is 86.9 cm³/mol. The highest BCUT2D eigenvalue weighted by atomic mass is 16.1. The van der Waals surface area contributed by atoms with Gasteiger partial charge in [-0.25, -0.2) is 0 Å². The second-order valence-corrected chi connectivity index (χ2v) is 5.23. The van der Waals surface area contributed by atoms with Crippen LogP contribution in [-0.2, 0) is 6.54 Å². The zero-order chi connectivity index (χ0) is 15.2. The van der Waals surface area contributed by atoms with Gasteiger partial charge in [-0.2, -0.15) is 5.10 Å². The van der Waals surface area contributed by atoms with Crippen LogP contribution in [0, 0.1) is 0 Å². The molecule has 112 valence electrons. The fraction of sp³-hybridized carbons (Fsp3) is 0.412. The number of carbonyl (C=O) groups is 1. The molecule has 4 nitrogen and oxygen atoms in total. The van der Waals surface area contributed by atoms with Crippen molar-refractivity contribution in [2.24, 2.45) is 0 Å². The van der Waals surface area contributed by atoms with E-state index in [-0.39, 0.29) is 0 Å². The number of hydrogen-bond donors (Lipinski definition) is 0. The first-order valence-corrected chi connectivity index (χ1v) is 7.53. The average molecular weight is 285 g/mol. The number of hydrogen-bond acceptors (Lipinski definition) is 3. The summed E-state index contributed by atoms with van der Waals surface area (Å²) in [5, 5.41) is 4.56. The van der Waals surface area contributed by atoms with Gasteiger partial charge < -0.3 is 4.90 Å². The van der Waals surface area contributed by atoms with E-state index in [9.17, 15) is 4.79 Å². The van der Waals surface area contributed by atoms with Crippen LogP contribution in [0.2, 0.25) is 0 Å². The Hall–Kier alpha value is -2.10. The van der Waals surface area contributed by atoms with E-state index in [2.05, 4.69) is 43.0 Å². The minimum Gasteiger partial charge on any atom is -0.375 e. The van der Waals surface area contributed by atoms with Gasteiger partial charge in [0, 0.05) is 37.6 Å². The van der Waals surface area contributed by atoms with Crippen LogP contribution >= 0.6 is 0 Å². The normalized spacial score (nSPS) is 10.6. The Morgan fingerprint density at radius 2 is 1.95 bits per heavy atom. The van der Waals surface area contributed by atoms with Gasteiger partial charge in [-0.15, -0.1) is 0 Å². The minimum atomic E-state index is 0.655. The summed E-state index contributed by atoms with van der Waals surface area (Å²) in [6, 6.07) is 8.19. The third kappa shape index (κ3) is 3.51. The number of nitrogens with zero attached hydrogens (tertiary/aromatic N) is 3. The molecule has 2 aromatic rings. The Morgan fingerprint density at radius 1 is 1.24 bits per heavy atom. The number of aromatic nitrogens is 2. The van der Waals surface area contributed by atoms with Crippen molar-refractivity contribution in [2.75, 3.05) is 18.5 Å². The van der Waals surface area contributed by atoms with Gasteiger partial charge in [0.25, 0.3) is 0 Å². The molecule has 21 heavy (non-hydrogen) atoms. The van der Waals surface area contributed by atoms with Crippen molar-refractivity contribution in [1.82, 2.24) is 9.78 Å². The molecule has 0 unspecified atom stereocenters. The van der Waals surface area contributed by atoms with Gasteiger partial charge in [0.15, 0.2) is 6.29 Å². The molecule has 1 aromatic heterocycles. The number of aldehydes is 1. The smallest absolute Gasteiger partial charge is 0.153 e. The standard InChI is InChI=1S/C17H23N3O/c1-4-6-11-20-12-15(13-21)17(18-20)14-7-9-16(10-8-14)19(3)5-2/h7-10,12-13H,4-6,11H2,1-3H3. The van der Waals surface area contributed by atoms with Crippen molar-refractivity contribution in [1.29, 1.82) is 0 Å². The van der Waals surface area contributed by atoms with Gasteiger partial charge in [-0.3, -0.25) is 9.48 Å². The van der Waals surface area contributed by atoms with E-state index >= 15 is 0 Å². The molecule has 0 spiro atoms. The molecule has 0 aliphatic rings. The molecule has 0 atom stereocenters. The molecule has 0 N–H and O–H groups in total. The molecule has 0 aliphatic carbocycles. The first-order valence-electron chi connectivity index (χ1n) is 7.53. The zero-order valence-electron chi connectivity index (χ0n) is 13.0. The lowest BCUT2D eigenvalue weighted by Gasteiger charge is -2.16. The number of unbranched alkanes of at least 4 members (excludes halogenated alkanes) is 1. The van der Waals surface area contributed by atoms with Crippen molar-refractivity contribution in [3.05, 3.63) is 36.0 Å². The highest BCUT2D eigenvalue weighted by Crippen LogP contribution is 2.24. The lowest BCUT2D eigenvalue weighted by molar-refractivity contribution is 0.112. The maximum absolute atomic E-state index is 11.2. The molecule has 1 aromatic carbocycles. The molecule has 4 heteroatoms. The van der Waals surface area contributed by atoms with Gasteiger partial charge >= 0.3 is 0 Å². The van der Waals surface area contributed by atoms with Crippen molar-refractivity contribution in [2.45, 2.75) is 33.2 Å². The number of aryl methyl sites for hydroxylation is 1. The Labute approximate surface area is 126 Å². The summed E-state index contributed by atoms with van der Waals surface area (Å²) in [5.74, 6) is 0. The van der Waals surface area contributed by atoms with E-state index < -0.39 is 0 Å². The van der Waals surface area contributed by atoms with E-state index in [1.54, 1.807) is 0 Å². The lowest BCUT2D eigenvalue weighted by Crippen LogP contribution is -2.15. The molecule has 0 bridgehead atoms. The van der Waals surface area contributed by atoms with Crippen LogP contribution in [0.5, 0.6) is 0 Å². The minimum absolute atomic E-state index is 0.655. The van der Waals surface area contributed by atoms with Crippen LogP contribution in [-0.4, -0.2) is 29.7 Å². The largest absolute Gasteiger partial charge is 0.375 e. The van der Waals surface area contributed by atoms with Crippen LogP contribution in [0.15, 0.2) is 30.5 Å². The summed E-state index contributed by atoms with van der Waals surface area (Å²) in [4.78, 5) is 13.4. The van der Waals surface area contributed by atoms with Gasteiger partial charge in [-0.1, -0.05) is 25.5 Å². The second kappa shape index (κ2) is 7.07. The van der Waals surface area contributed by atoms with Gasteiger partial charge in [0.05, 0.1) is 5.56 Å². The fourth-order valence-electron chi connectivity index (χ4n) is 2.24. The number of rotatable bonds is 7. The summed E-state index contributed by atoms with van der Waals surface area (Å²) in [7, 11) is 2.06. The SMILES string of the molecule is CCCCn1cc(C=O)c(-c2ccc(N(C)CC)cc2)n1. The third-order valence-electron chi connectivity index (χ3n) is 3.71. The summed E-state index contributed by atoms with van der Waals surface area (Å²) in [6.45, 7) is 6.08. The highest BCUT2D eigenvalue weighted by Gasteiger charge is 2.11. The molecule has 0 saturated carbocycles. The van der Waals surface area contributed by atoms with Crippen molar-refractivity contribution < 1.29 is 4.79 Å². The molecular weight excluding hydrogens is 262 g/mol. The molecule has 0 saturated heterocycles. The second-order valence-electron chi connectivity index (χ2n) is 5.23. The number of carbonyl (C=O) groups excluding carboxylic acids is 1. The summed E-state index contributed by atoms with van der Waals surface area (Å²) >= 11 is 0. The Bertz CT molecular complexity index is 587. The monoisotopic (exact) mass is 285 g/mol. The van der Waals surface area contributed by atoms with Crippen molar-refractivity contribution in [3.8, 4) is 11.3 Å². The Morgan fingerprint density at radius 3 is 2.52 bits per heavy atom. The van der Waals surface area contributed by atoms with E-state index in [1.807, 2.05) is 23.0 Å². The Kier molecular flexibility index (Phi) is 5.14. The van der Waals surface area contributed by atoms with Crippen molar-refractivity contribution in [3.63, 3.8) is 0 Å². The number of benzene rings is 1. The molecular formula is C17H23N3O. The van der Waals surface area contributed by atoms with Gasteiger partial charge in [-0.05, 0) is 25.5 Å². The van der Waals surface area contributed by atoms with Gasteiger partial charge in [0.1, 0.15) is 5.69 Å². The molecule has 1 heterocycles. The van der Waals surface area contributed by atoms with Gasteiger partial charge in [0.2, 0.25) is 0 Å². The van der Waals surface area contributed by atoms with Crippen LogP contribution in [0.4, 0.5) is 5.69 Å². The average Bonchev–Trinajstić information content (AvgIpc) is 2.95. The first kappa shape index (κ1) is 15.3. The maximum atomic E-state index is 11.2. The molecule has 0 fully saturated rings. The third-order valence-corrected chi connectivity index (χ3v) is 3.71. The predicted octanol–water partition coefficient (Wildman–Crippen LogP) is 3.62. The van der Waals surface area contributed by atoms with E-state index in [1.165, 1.54) is 5.69 Å². The highest BCUT2D eigenvalue weighted by molar-refractivity contribution is 5.85. The fourth-order valence-corrected chi connectivity index (χ4v) is 2.24. The van der Waals surface area contributed by atoms with Crippen LogP contribution in [0.3, 0.4) is 0 Å². The topological polar surface area (TPSA) is 38.1 Å². The molecule has 2 rings (SSSR count). The van der Waals surface area contributed by atoms with E-state index in [4.69, 9.17) is 0 Å². The van der Waals surface area contributed by atoms with Crippen LogP contribution < -0.4 is 4.90 Å². The zero-order valence-corrected chi connectivity index (χ0v) is 13.0. The van der Waals surface area contributed by atoms with Crippen LogP contribution in [0.1, 0.15) is 37.0 Å². The van der Waals surface area contributed by atoms with Crippen LogP contribution in [0.25, 0.3) is 11.3 Å².